The standard InChI is InChI=1S/C23H26O5/c1-22(2,3)19-15-18(10-11-20(19)26-4)23(27-13-14-28-23)17-8-5-16(6-9-17)7-12-21(24)25/h5-12,15H,13-14H2,1-4H3,(H,24,25)/b12-7+. The zero-order chi connectivity index (χ0) is 20.4. The number of carboxylic acids is 1. The van der Waals surface area contributed by atoms with Crippen LogP contribution in [0.3, 0.4) is 0 Å². The second-order valence-electron chi connectivity index (χ2n) is 7.77. The molecule has 1 aliphatic heterocycles. The number of benzene rings is 2. The molecule has 0 saturated carbocycles. The first-order valence-electron chi connectivity index (χ1n) is 9.25. The van der Waals surface area contributed by atoms with Crippen LogP contribution in [0, 0.1) is 0 Å². The predicted molar refractivity (Wildman–Crippen MR) is 107 cm³/mol. The van der Waals surface area contributed by atoms with Crippen LogP contribution < -0.4 is 4.74 Å². The van der Waals surface area contributed by atoms with Crippen LogP contribution in [0.15, 0.2) is 48.5 Å². The molecule has 1 heterocycles. The number of rotatable bonds is 5. The van der Waals surface area contributed by atoms with Crippen molar-refractivity contribution in [3.63, 3.8) is 0 Å². The van der Waals surface area contributed by atoms with E-state index in [9.17, 15) is 4.79 Å². The van der Waals surface area contributed by atoms with Gasteiger partial charge in [0, 0.05) is 17.2 Å². The van der Waals surface area contributed by atoms with Crippen molar-refractivity contribution < 1.29 is 24.1 Å². The van der Waals surface area contributed by atoms with Crippen LogP contribution in [0.4, 0.5) is 0 Å². The molecule has 1 saturated heterocycles. The molecule has 0 unspecified atom stereocenters. The molecule has 1 N–H and O–H groups in total. The molecule has 28 heavy (non-hydrogen) atoms. The summed E-state index contributed by atoms with van der Waals surface area (Å²) in [4.78, 5) is 10.7. The molecule has 5 nitrogen and oxygen atoms in total. The van der Waals surface area contributed by atoms with Crippen LogP contribution >= 0.6 is 0 Å². The highest BCUT2D eigenvalue weighted by Gasteiger charge is 2.41. The van der Waals surface area contributed by atoms with E-state index in [4.69, 9.17) is 19.3 Å². The van der Waals surface area contributed by atoms with E-state index in [0.717, 1.165) is 34.1 Å². The summed E-state index contributed by atoms with van der Waals surface area (Å²) >= 11 is 0. The van der Waals surface area contributed by atoms with E-state index in [1.54, 1.807) is 13.2 Å². The molecule has 148 valence electrons. The Morgan fingerprint density at radius 1 is 1.07 bits per heavy atom. The summed E-state index contributed by atoms with van der Waals surface area (Å²) in [5.41, 5.74) is 3.54. The normalized spacial score (nSPS) is 16.4. The van der Waals surface area contributed by atoms with Gasteiger partial charge in [-0.3, -0.25) is 0 Å². The summed E-state index contributed by atoms with van der Waals surface area (Å²) in [5.74, 6) is -1.13. The van der Waals surface area contributed by atoms with Crippen molar-refractivity contribution in [2.24, 2.45) is 0 Å². The Morgan fingerprint density at radius 3 is 2.21 bits per heavy atom. The molecule has 0 aromatic heterocycles. The van der Waals surface area contributed by atoms with Gasteiger partial charge in [-0.1, -0.05) is 45.0 Å². The summed E-state index contributed by atoms with van der Waals surface area (Å²) < 4.78 is 17.8. The predicted octanol–water partition coefficient (Wildman–Crippen LogP) is 4.34. The molecule has 3 rings (SSSR count). The monoisotopic (exact) mass is 382 g/mol. The third-order valence-electron chi connectivity index (χ3n) is 4.79. The maximum Gasteiger partial charge on any atom is 0.328 e. The van der Waals surface area contributed by atoms with Crippen LogP contribution in [-0.2, 0) is 25.5 Å². The number of ether oxygens (including phenoxy) is 3. The molecule has 5 heteroatoms. The van der Waals surface area contributed by atoms with E-state index in [0.29, 0.717) is 13.2 Å². The number of carbonyl (C=O) groups is 1. The minimum atomic E-state index is -0.985. The second-order valence-corrected chi connectivity index (χ2v) is 7.77. The third-order valence-corrected chi connectivity index (χ3v) is 4.79. The van der Waals surface area contributed by atoms with Crippen LogP contribution in [0.2, 0.25) is 0 Å². The lowest BCUT2D eigenvalue weighted by molar-refractivity contribution is -0.131. The van der Waals surface area contributed by atoms with Crippen molar-refractivity contribution in [3.05, 3.63) is 70.8 Å². The minimum Gasteiger partial charge on any atom is -0.496 e. The molecular formula is C23H26O5. The topological polar surface area (TPSA) is 65.0 Å². The lowest BCUT2D eigenvalue weighted by Crippen LogP contribution is -2.29. The van der Waals surface area contributed by atoms with E-state index < -0.39 is 11.8 Å². The van der Waals surface area contributed by atoms with Gasteiger partial charge in [-0.05, 0) is 40.8 Å². The SMILES string of the molecule is COc1ccc(C2(c3ccc(/C=C/C(=O)O)cc3)OCCO2)cc1C(C)(C)C. The smallest absolute Gasteiger partial charge is 0.328 e. The number of methoxy groups -OCH3 is 1. The van der Waals surface area contributed by atoms with Gasteiger partial charge in [-0.15, -0.1) is 0 Å². The van der Waals surface area contributed by atoms with E-state index in [1.165, 1.54) is 0 Å². The van der Waals surface area contributed by atoms with Crippen molar-refractivity contribution >= 4 is 12.0 Å². The molecule has 0 aliphatic carbocycles. The summed E-state index contributed by atoms with van der Waals surface area (Å²) in [6, 6.07) is 13.5. The first-order chi connectivity index (χ1) is 13.3. The number of carboxylic acid groups (broad SMARTS) is 1. The molecule has 2 aromatic rings. The van der Waals surface area contributed by atoms with Gasteiger partial charge < -0.3 is 19.3 Å². The summed E-state index contributed by atoms with van der Waals surface area (Å²) in [6.07, 6.45) is 2.67. The minimum absolute atomic E-state index is 0.105. The van der Waals surface area contributed by atoms with Crippen LogP contribution in [0.5, 0.6) is 5.75 Å². The number of hydrogen-bond acceptors (Lipinski definition) is 4. The lowest BCUT2D eigenvalue weighted by Gasteiger charge is -2.31. The van der Waals surface area contributed by atoms with Crippen molar-refractivity contribution in [2.45, 2.75) is 32.0 Å². The highest BCUT2D eigenvalue weighted by Crippen LogP contribution is 2.42. The molecule has 0 amide bonds. The van der Waals surface area contributed by atoms with Crippen LogP contribution in [-0.4, -0.2) is 31.4 Å². The van der Waals surface area contributed by atoms with Gasteiger partial charge in [0.25, 0.3) is 0 Å². The lowest BCUT2D eigenvalue weighted by atomic mass is 9.83. The van der Waals surface area contributed by atoms with Crippen molar-refractivity contribution in [1.82, 2.24) is 0 Å². The zero-order valence-corrected chi connectivity index (χ0v) is 16.7. The zero-order valence-electron chi connectivity index (χ0n) is 16.7. The van der Waals surface area contributed by atoms with E-state index in [2.05, 4.69) is 26.8 Å². The maximum absolute atomic E-state index is 10.7. The fourth-order valence-corrected chi connectivity index (χ4v) is 3.39. The Balaban J connectivity index is 2.05. The fraction of sp³-hybridized carbons (Fsp3) is 0.348. The van der Waals surface area contributed by atoms with Crippen molar-refractivity contribution in [2.75, 3.05) is 20.3 Å². The molecule has 0 spiro atoms. The number of hydrogen-bond donors (Lipinski definition) is 1. The molecule has 0 radical (unpaired) electrons. The van der Waals surface area contributed by atoms with Crippen LogP contribution in [0.1, 0.15) is 43.0 Å². The maximum atomic E-state index is 10.7. The first kappa shape index (κ1) is 20.1. The quantitative estimate of drug-likeness (QED) is 0.780. The Morgan fingerprint density at radius 2 is 1.68 bits per heavy atom. The first-order valence-corrected chi connectivity index (χ1v) is 9.25. The highest BCUT2D eigenvalue weighted by atomic mass is 16.7. The Labute approximate surface area is 165 Å². The average Bonchev–Trinajstić information content (AvgIpc) is 3.16. The molecule has 2 aromatic carbocycles. The van der Waals surface area contributed by atoms with E-state index in [1.807, 2.05) is 36.4 Å². The molecule has 0 atom stereocenters. The molecule has 1 aliphatic rings. The van der Waals surface area contributed by atoms with Gasteiger partial charge in [-0.2, -0.15) is 0 Å². The fourth-order valence-electron chi connectivity index (χ4n) is 3.39. The average molecular weight is 382 g/mol. The third kappa shape index (κ3) is 3.96. The van der Waals surface area contributed by atoms with E-state index >= 15 is 0 Å². The van der Waals surface area contributed by atoms with Gasteiger partial charge in [-0.25, -0.2) is 4.79 Å². The number of aliphatic carboxylic acids is 1. The Bertz CT molecular complexity index is 869. The summed E-state index contributed by atoms with van der Waals surface area (Å²) in [6.45, 7) is 7.42. The van der Waals surface area contributed by atoms with Gasteiger partial charge in [0.05, 0.1) is 20.3 Å². The van der Waals surface area contributed by atoms with Crippen LogP contribution in [0.25, 0.3) is 6.08 Å². The summed E-state index contributed by atoms with van der Waals surface area (Å²) in [5, 5.41) is 8.79. The molecular weight excluding hydrogens is 356 g/mol. The Kier molecular flexibility index (Phi) is 5.59. The summed E-state index contributed by atoms with van der Waals surface area (Å²) in [7, 11) is 1.67. The van der Waals surface area contributed by atoms with Gasteiger partial charge in [0.15, 0.2) is 0 Å². The molecule has 1 fully saturated rings. The largest absolute Gasteiger partial charge is 0.496 e. The molecule has 0 bridgehead atoms. The highest BCUT2D eigenvalue weighted by molar-refractivity contribution is 5.85. The van der Waals surface area contributed by atoms with Gasteiger partial charge in [0.2, 0.25) is 5.79 Å². The van der Waals surface area contributed by atoms with Gasteiger partial charge in [0.1, 0.15) is 5.75 Å². The van der Waals surface area contributed by atoms with E-state index in [-0.39, 0.29) is 5.41 Å². The van der Waals surface area contributed by atoms with Crippen molar-refractivity contribution in [3.8, 4) is 5.75 Å². The van der Waals surface area contributed by atoms with Gasteiger partial charge >= 0.3 is 5.97 Å². The van der Waals surface area contributed by atoms with Crippen molar-refractivity contribution in [1.29, 1.82) is 0 Å². The second kappa shape index (κ2) is 7.78. The Hall–Kier alpha value is -2.63.